The molecule has 0 fully saturated rings. The number of hydrogen-bond donors (Lipinski definition) is 1. The molecule has 0 saturated carbocycles. The highest BCUT2D eigenvalue weighted by molar-refractivity contribution is 9.10. The number of aryl methyl sites for hydroxylation is 1. The van der Waals surface area contributed by atoms with Crippen LogP contribution in [0.4, 0.5) is 5.69 Å². The lowest BCUT2D eigenvalue weighted by atomic mass is 9.92. The van der Waals surface area contributed by atoms with E-state index in [1.54, 1.807) is 60.8 Å². The summed E-state index contributed by atoms with van der Waals surface area (Å²) in [5.41, 5.74) is 3.79. The number of amides is 1. The van der Waals surface area contributed by atoms with Crippen LogP contribution in [0.1, 0.15) is 45.7 Å². The van der Waals surface area contributed by atoms with E-state index in [1.165, 1.54) is 22.4 Å². The largest absolute Gasteiger partial charge is 0.331 e. The normalized spacial score (nSPS) is 15.2. The first-order valence-corrected chi connectivity index (χ1v) is 14.8. The molecule has 0 bridgehead atoms. The van der Waals surface area contributed by atoms with E-state index in [9.17, 15) is 18.0 Å². The zero-order chi connectivity index (χ0) is 28.1. The number of sulfonamides is 1. The fourth-order valence-electron chi connectivity index (χ4n) is 5.17. The standard InChI is InChI=1S/C29H29BrN4O4S/c1-18-13-14-23(17-24(18)28(35)33-16-15-21-9-8-12-25(30)26(21)19(33)2)39(37,38)31-27-20(3)32(4)34(29(27)36)22-10-6-5-7-11-22/h5-14,17,19,31H,15-16H2,1-4H3. The number of carbonyl (C=O) groups excluding carboxylic acids is 1. The summed E-state index contributed by atoms with van der Waals surface area (Å²) in [6.45, 7) is 5.97. The molecule has 202 valence electrons. The van der Waals surface area contributed by atoms with Crippen LogP contribution in [0.15, 0.2) is 80.9 Å². The van der Waals surface area contributed by atoms with E-state index in [2.05, 4.69) is 26.7 Å². The fourth-order valence-corrected chi connectivity index (χ4v) is 7.05. The lowest BCUT2D eigenvalue weighted by Crippen LogP contribution is -2.39. The van der Waals surface area contributed by atoms with Gasteiger partial charge < -0.3 is 4.90 Å². The minimum Gasteiger partial charge on any atom is -0.331 e. The molecule has 8 nitrogen and oxygen atoms in total. The Bertz CT molecular complexity index is 1760. The predicted molar refractivity (Wildman–Crippen MR) is 155 cm³/mol. The average molecular weight is 610 g/mol. The van der Waals surface area contributed by atoms with Crippen molar-refractivity contribution in [2.45, 2.75) is 38.1 Å². The van der Waals surface area contributed by atoms with Gasteiger partial charge >= 0.3 is 0 Å². The van der Waals surface area contributed by atoms with E-state index in [1.807, 2.05) is 25.1 Å². The van der Waals surface area contributed by atoms with Crippen LogP contribution in [0, 0.1) is 13.8 Å². The van der Waals surface area contributed by atoms with Crippen molar-refractivity contribution in [3.63, 3.8) is 0 Å². The van der Waals surface area contributed by atoms with Gasteiger partial charge in [0.25, 0.3) is 21.5 Å². The number of halogens is 1. The summed E-state index contributed by atoms with van der Waals surface area (Å²) in [5, 5.41) is 0. The number of aromatic nitrogens is 2. The molecule has 4 aromatic rings. The van der Waals surface area contributed by atoms with Crippen molar-refractivity contribution in [1.29, 1.82) is 0 Å². The van der Waals surface area contributed by atoms with Crippen LogP contribution >= 0.6 is 15.9 Å². The first-order chi connectivity index (χ1) is 18.5. The smallest absolute Gasteiger partial charge is 0.296 e. The monoisotopic (exact) mass is 608 g/mol. The second-order valence-corrected chi connectivity index (χ2v) is 12.3. The van der Waals surface area contributed by atoms with Gasteiger partial charge in [-0.25, -0.2) is 13.1 Å². The van der Waals surface area contributed by atoms with Gasteiger partial charge in [-0.15, -0.1) is 0 Å². The molecule has 3 aromatic carbocycles. The van der Waals surface area contributed by atoms with Crippen molar-refractivity contribution in [3.05, 3.63) is 110 Å². The number of rotatable bonds is 5. The summed E-state index contributed by atoms with van der Waals surface area (Å²) in [5.74, 6) is -0.235. The Labute approximate surface area is 236 Å². The van der Waals surface area contributed by atoms with Gasteiger partial charge in [-0.2, -0.15) is 0 Å². The van der Waals surface area contributed by atoms with Crippen molar-refractivity contribution in [3.8, 4) is 5.69 Å². The average Bonchev–Trinajstić information content (AvgIpc) is 3.11. The third-order valence-electron chi connectivity index (χ3n) is 7.45. The number of nitrogens with one attached hydrogen (secondary N) is 1. The van der Waals surface area contributed by atoms with E-state index in [4.69, 9.17) is 0 Å². The van der Waals surface area contributed by atoms with Crippen LogP contribution in [0.2, 0.25) is 0 Å². The second kappa shape index (κ2) is 10.2. The van der Waals surface area contributed by atoms with Crippen LogP contribution < -0.4 is 10.3 Å². The van der Waals surface area contributed by atoms with Gasteiger partial charge in [0, 0.05) is 23.6 Å². The van der Waals surface area contributed by atoms with Crippen molar-refractivity contribution < 1.29 is 13.2 Å². The number of benzene rings is 3. The van der Waals surface area contributed by atoms with Gasteiger partial charge in [0.1, 0.15) is 5.69 Å². The quantitative estimate of drug-likeness (QED) is 0.340. The third kappa shape index (κ3) is 4.72. The van der Waals surface area contributed by atoms with Gasteiger partial charge in [0.15, 0.2) is 0 Å². The lowest BCUT2D eigenvalue weighted by molar-refractivity contribution is 0.0676. The zero-order valence-electron chi connectivity index (χ0n) is 22.1. The first kappa shape index (κ1) is 27.0. The van der Waals surface area contributed by atoms with Crippen LogP contribution in [-0.4, -0.2) is 35.1 Å². The zero-order valence-corrected chi connectivity index (χ0v) is 24.5. The summed E-state index contributed by atoms with van der Waals surface area (Å²) >= 11 is 3.62. The molecule has 2 heterocycles. The summed E-state index contributed by atoms with van der Waals surface area (Å²) < 4.78 is 33.4. The Morgan fingerprint density at radius 1 is 1.03 bits per heavy atom. The Balaban J connectivity index is 1.48. The van der Waals surface area contributed by atoms with E-state index in [0.29, 0.717) is 35.5 Å². The summed E-state index contributed by atoms with van der Waals surface area (Å²) in [6, 6.07) is 19.3. The lowest BCUT2D eigenvalue weighted by Gasteiger charge is -2.36. The van der Waals surface area contributed by atoms with Crippen LogP contribution in [0.25, 0.3) is 5.69 Å². The number of anilines is 1. The Kier molecular flexibility index (Phi) is 7.02. The number of hydrogen-bond acceptors (Lipinski definition) is 4. The molecule has 1 N–H and O–H groups in total. The number of carbonyl (C=O) groups is 1. The molecule has 1 aliphatic heterocycles. The van der Waals surface area contributed by atoms with Gasteiger partial charge in [0.2, 0.25) is 0 Å². The molecule has 1 aliphatic rings. The maximum atomic E-state index is 13.7. The predicted octanol–water partition coefficient (Wildman–Crippen LogP) is 5.12. The molecular formula is C29H29BrN4O4S. The highest BCUT2D eigenvalue weighted by Gasteiger charge is 2.31. The van der Waals surface area contributed by atoms with E-state index in [-0.39, 0.29) is 22.5 Å². The molecule has 1 unspecified atom stereocenters. The van der Waals surface area contributed by atoms with Crippen LogP contribution in [-0.2, 0) is 23.5 Å². The molecular weight excluding hydrogens is 580 g/mol. The fraction of sp³-hybridized carbons (Fsp3) is 0.241. The highest BCUT2D eigenvalue weighted by atomic mass is 79.9. The van der Waals surface area contributed by atoms with Crippen molar-refractivity contribution in [2.75, 3.05) is 11.3 Å². The molecule has 10 heteroatoms. The minimum atomic E-state index is -4.17. The van der Waals surface area contributed by atoms with Gasteiger partial charge in [0.05, 0.1) is 22.3 Å². The molecule has 1 atom stereocenters. The number of para-hydroxylation sites is 1. The number of nitrogens with zero attached hydrogens (tertiary/aromatic N) is 3. The minimum absolute atomic E-state index is 0.0408. The van der Waals surface area contributed by atoms with Crippen molar-refractivity contribution in [1.82, 2.24) is 14.3 Å². The number of fused-ring (bicyclic) bond motifs is 1. The highest BCUT2D eigenvalue weighted by Crippen LogP contribution is 2.36. The first-order valence-electron chi connectivity index (χ1n) is 12.6. The van der Waals surface area contributed by atoms with E-state index < -0.39 is 15.6 Å². The second-order valence-electron chi connectivity index (χ2n) is 9.76. The Morgan fingerprint density at radius 2 is 1.74 bits per heavy atom. The molecule has 0 radical (unpaired) electrons. The molecule has 5 rings (SSSR count). The molecule has 0 aliphatic carbocycles. The van der Waals surface area contributed by atoms with Gasteiger partial charge in [-0.3, -0.25) is 19.0 Å². The van der Waals surface area contributed by atoms with Crippen LogP contribution in [0.3, 0.4) is 0 Å². The summed E-state index contributed by atoms with van der Waals surface area (Å²) in [7, 11) is -2.48. The molecule has 0 saturated heterocycles. The van der Waals surface area contributed by atoms with Crippen molar-refractivity contribution in [2.24, 2.45) is 7.05 Å². The molecule has 39 heavy (non-hydrogen) atoms. The van der Waals surface area contributed by atoms with Crippen molar-refractivity contribution >= 4 is 37.5 Å². The van der Waals surface area contributed by atoms with Crippen LogP contribution in [0.5, 0.6) is 0 Å². The molecule has 1 amide bonds. The van der Waals surface area contributed by atoms with E-state index in [0.717, 1.165) is 10.0 Å². The topological polar surface area (TPSA) is 93.4 Å². The SMILES string of the molecule is Cc1ccc(S(=O)(=O)Nc2c(C)n(C)n(-c3ccccc3)c2=O)cc1C(=O)N1CCc2cccc(Br)c2C1C. The Morgan fingerprint density at radius 3 is 2.46 bits per heavy atom. The van der Waals surface area contributed by atoms with Gasteiger partial charge in [-0.1, -0.05) is 52.3 Å². The van der Waals surface area contributed by atoms with Gasteiger partial charge in [-0.05, 0) is 74.2 Å². The third-order valence-corrected chi connectivity index (χ3v) is 9.49. The summed E-state index contributed by atoms with van der Waals surface area (Å²) in [4.78, 5) is 28.7. The molecule has 0 spiro atoms. The molecule has 1 aromatic heterocycles. The maximum Gasteiger partial charge on any atom is 0.296 e. The maximum absolute atomic E-state index is 13.7. The summed E-state index contributed by atoms with van der Waals surface area (Å²) in [6.07, 6.45) is 0.713. The Hall–Kier alpha value is -3.63. The van der Waals surface area contributed by atoms with E-state index >= 15 is 0 Å².